The molecule has 110 valence electrons. The molecule has 0 aromatic carbocycles. The molecule has 6 heteroatoms. The second kappa shape index (κ2) is 6.46. The Morgan fingerprint density at radius 3 is 2.58 bits per heavy atom. The van der Waals surface area contributed by atoms with Gasteiger partial charge in [0.05, 0.1) is 6.04 Å². The fourth-order valence-corrected chi connectivity index (χ4v) is 2.23. The predicted octanol–water partition coefficient (Wildman–Crippen LogP) is 2.08. The van der Waals surface area contributed by atoms with Crippen LogP contribution in [0.5, 0.6) is 0 Å². The van der Waals surface area contributed by atoms with Crippen LogP contribution in [0.15, 0.2) is 0 Å². The molecule has 0 radical (unpaired) electrons. The number of nitrogens with zero attached hydrogens (tertiary/aromatic N) is 2. The number of rotatable bonds is 2. The van der Waals surface area contributed by atoms with Crippen molar-refractivity contribution in [1.82, 2.24) is 9.80 Å². The highest BCUT2D eigenvalue weighted by molar-refractivity contribution is 6.27. The van der Waals surface area contributed by atoms with Gasteiger partial charge in [-0.15, -0.1) is 11.6 Å². The number of carbonyl (C=O) groups is 2. The van der Waals surface area contributed by atoms with Crippen LogP contribution in [0.25, 0.3) is 0 Å². The van der Waals surface area contributed by atoms with E-state index in [1.54, 1.807) is 16.8 Å². The molecule has 0 aromatic heterocycles. The third-order valence-corrected chi connectivity index (χ3v) is 3.32. The molecule has 1 heterocycles. The van der Waals surface area contributed by atoms with Crippen molar-refractivity contribution in [2.75, 3.05) is 26.0 Å². The third kappa shape index (κ3) is 4.90. The standard InChI is InChI=1S/C13H23ClN2O3/c1-13(2,3)19-12(18)15(4)10-6-5-7-16(9-10)11(17)8-14/h10H,5-9H2,1-4H3. The van der Waals surface area contributed by atoms with Crippen LogP contribution in [0, 0.1) is 0 Å². The molecule has 0 spiro atoms. The molecule has 1 atom stereocenters. The van der Waals surface area contributed by atoms with Crippen molar-refractivity contribution in [3.63, 3.8) is 0 Å². The molecule has 19 heavy (non-hydrogen) atoms. The molecule has 1 aliphatic heterocycles. The van der Waals surface area contributed by atoms with E-state index in [1.165, 1.54) is 0 Å². The summed E-state index contributed by atoms with van der Waals surface area (Å²) in [5.41, 5.74) is -0.508. The summed E-state index contributed by atoms with van der Waals surface area (Å²) in [5, 5.41) is 0. The number of piperidine rings is 1. The molecule has 0 aliphatic carbocycles. The van der Waals surface area contributed by atoms with E-state index in [0.717, 1.165) is 12.8 Å². The Morgan fingerprint density at radius 1 is 1.42 bits per heavy atom. The van der Waals surface area contributed by atoms with Crippen LogP contribution in [0.3, 0.4) is 0 Å². The van der Waals surface area contributed by atoms with Gasteiger partial charge in [0.2, 0.25) is 5.91 Å². The molecule has 1 unspecified atom stereocenters. The van der Waals surface area contributed by atoms with E-state index >= 15 is 0 Å². The van der Waals surface area contributed by atoms with E-state index in [0.29, 0.717) is 13.1 Å². The molecular weight excluding hydrogens is 268 g/mol. The Morgan fingerprint density at radius 2 is 2.05 bits per heavy atom. The largest absolute Gasteiger partial charge is 0.444 e. The number of likely N-dealkylation sites (N-methyl/N-ethyl adjacent to an activating group) is 1. The summed E-state index contributed by atoms with van der Waals surface area (Å²) in [4.78, 5) is 26.9. The van der Waals surface area contributed by atoms with E-state index in [9.17, 15) is 9.59 Å². The first-order chi connectivity index (χ1) is 8.74. The highest BCUT2D eigenvalue weighted by Crippen LogP contribution is 2.18. The SMILES string of the molecule is CN(C(=O)OC(C)(C)C)C1CCCN(C(=O)CCl)C1. The average Bonchev–Trinajstić information content (AvgIpc) is 2.35. The molecule has 1 rings (SSSR count). The van der Waals surface area contributed by atoms with Crippen molar-refractivity contribution in [2.24, 2.45) is 0 Å². The van der Waals surface area contributed by atoms with Crippen LogP contribution < -0.4 is 0 Å². The number of alkyl halides is 1. The maximum Gasteiger partial charge on any atom is 0.410 e. The Labute approximate surface area is 119 Å². The second-order valence-electron chi connectivity index (χ2n) is 5.86. The number of carbonyl (C=O) groups excluding carboxylic acids is 2. The van der Waals surface area contributed by atoms with Crippen LogP contribution in [0.4, 0.5) is 4.79 Å². The maximum absolute atomic E-state index is 12.0. The van der Waals surface area contributed by atoms with Crippen LogP contribution in [-0.2, 0) is 9.53 Å². The van der Waals surface area contributed by atoms with Gasteiger partial charge in [0.1, 0.15) is 11.5 Å². The molecule has 5 nitrogen and oxygen atoms in total. The molecule has 0 saturated carbocycles. The fraction of sp³-hybridized carbons (Fsp3) is 0.846. The van der Waals surface area contributed by atoms with Gasteiger partial charge in [0, 0.05) is 20.1 Å². The van der Waals surface area contributed by atoms with E-state index in [2.05, 4.69) is 0 Å². The summed E-state index contributed by atoms with van der Waals surface area (Å²) in [6.07, 6.45) is 1.40. The van der Waals surface area contributed by atoms with Gasteiger partial charge < -0.3 is 14.5 Å². The number of ether oxygens (including phenoxy) is 1. The number of amides is 2. The van der Waals surface area contributed by atoms with Gasteiger partial charge in [-0.1, -0.05) is 0 Å². The van der Waals surface area contributed by atoms with Gasteiger partial charge >= 0.3 is 6.09 Å². The first kappa shape index (κ1) is 16.1. The minimum atomic E-state index is -0.508. The first-order valence-corrected chi connectivity index (χ1v) is 7.07. The Balaban J connectivity index is 2.59. The normalized spacial score (nSPS) is 20.1. The molecule has 0 N–H and O–H groups in total. The molecule has 0 aromatic rings. The predicted molar refractivity (Wildman–Crippen MR) is 74.3 cm³/mol. The van der Waals surface area contributed by atoms with E-state index in [-0.39, 0.29) is 23.9 Å². The molecule has 1 fully saturated rings. The minimum absolute atomic E-state index is 0.00392. The molecule has 1 aliphatic rings. The van der Waals surface area contributed by atoms with Gasteiger partial charge in [-0.05, 0) is 33.6 Å². The topological polar surface area (TPSA) is 49.9 Å². The Bertz CT molecular complexity index is 341. The maximum atomic E-state index is 12.0. The zero-order valence-corrected chi connectivity index (χ0v) is 12.9. The molecule has 0 bridgehead atoms. The van der Waals surface area contributed by atoms with Crippen molar-refractivity contribution in [2.45, 2.75) is 45.3 Å². The number of hydrogen-bond donors (Lipinski definition) is 0. The second-order valence-corrected chi connectivity index (χ2v) is 6.13. The zero-order valence-electron chi connectivity index (χ0n) is 12.1. The van der Waals surface area contributed by atoms with Crippen LogP contribution in [-0.4, -0.2) is 59.5 Å². The summed E-state index contributed by atoms with van der Waals surface area (Å²) < 4.78 is 5.33. The number of halogens is 1. The van der Waals surface area contributed by atoms with Crippen LogP contribution in [0.2, 0.25) is 0 Å². The lowest BCUT2D eigenvalue weighted by molar-refractivity contribution is -0.130. The van der Waals surface area contributed by atoms with Gasteiger partial charge in [0.25, 0.3) is 0 Å². The van der Waals surface area contributed by atoms with Crippen molar-refractivity contribution < 1.29 is 14.3 Å². The lowest BCUT2D eigenvalue weighted by atomic mass is 10.0. The van der Waals surface area contributed by atoms with Crippen molar-refractivity contribution >= 4 is 23.6 Å². The molecule has 1 saturated heterocycles. The van der Waals surface area contributed by atoms with Gasteiger partial charge in [0.15, 0.2) is 0 Å². The lowest BCUT2D eigenvalue weighted by Crippen LogP contribution is -2.51. The lowest BCUT2D eigenvalue weighted by Gasteiger charge is -2.37. The summed E-state index contributed by atoms with van der Waals surface area (Å²) in [5.74, 6) is -0.0907. The summed E-state index contributed by atoms with van der Waals surface area (Å²) in [6.45, 7) is 6.75. The van der Waals surface area contributed by atoms with Crippen LogP contribution >= 0.6 is 11.6 Å². The molecule has 2 amide bonds. The van der Waals surface area contributed by atoms with Gasteiger partial charge in [-0.25, -0.2) is 4.79 Å². The van der Waals surface area contributed by atoms with Gasteiger partial charge in [-0.3, -0.25) is 4.79 Å². The van der Waals surface area contributed by atoms with E-state index in [1.807, 2.05) is 20.8 Å². The third-order valence-electron chi connectivity index (χ3n) is 3.09. The smallest absolute Gasteiger partial charge is 0.410 e. The molecular formula is C13H23ClN2O3. The first-order valence-electron chi connectivity index (χ1n) is 6.54. The number of likely N-dealkylation sites (tertiary alicyclic amines) is 1. The van der Waals surface area contributed by atoms with Crippen molar-refractivity contribution in [3.05, 3.63) is 0 Å². The van der Waals surface area contributed by atoms with Crippen molar-refractivity contribution in [3.8, 4) is 0 Å². The zero-order chi connectivity index (χ0) is 14.6. The summed E-state index contributed by atoms with van der Waals surface area (Å²) >= 11 is 5.57. The highest BCUT2D eigenvalue weighted by atomic mass is 35.5. The monoisotopic (exact) mass is 290 g/mol. The fourth-order valence-electron chi connectivity index (χ4n) is 2.06. The highest BCUT2D eigenvalue weighted by Gasteiger charge is 2.30. The minimum Gasteiger partial charge on any atom is -0.444 e. The Kier molecular flexibility index (Phi) is 5.47. The van der Waals surface area contributed by atoms with E-state index < -0.39 is 5.60 Å². The average molecular weight is 291 g/mol. The van der Waals surface area contributed by atoms with Crippen LogP contribution in [0.1, 0.15) is 33.6 Å². The quantitative estimate of drug-likeness (QED) is 0.732. The summed E-state index contributed by atoms with van der Waals surface area (Å²) in [7, 11) is 1.72. The summed E-state index contributed by atoms with van der Waals surface area (Å²) in [6, 6.07) is -0.00392. The Hall–Kier alpha value is -0.970. The van der Waals surface area contributed by atoms with Gasteiger partial charge in [-0.2, -0.15) is 0 Å². The van der Waals surface area contributed by atoms with Crippen molar-refractivity contribution in [1.29, 1.82) is 0 Å². The van der Waals surface area contributed by atoms with E-state index in [4.69, 9.17) is 16.3 Å². The number of hydrogen-bond acceptors (Lipinski definition) is 3.